The van der Waals surface area contributed by atoms with Gasteiger partial charge in [0.25, 0.3) is 0 Å². The fourth-order valence-electron chi connectivity index (χ4n) is 1.40. The highest BCUT2D eigenvalue weighted by atomic mass is 16.5. The number of aryl methyl sites for hydroxylation is 1. The molecule has 0 aliphatic rings. The van der Waals surface area contributed by atoms with Crippen LogP contribution in [0.25, 0.3) is 0 Å². The van der Waals surface area contributed by atoms with Crippen LogP contribution in [0.4, 0.5) is 0 Å². The molecule has 1 N–H and O–H groups in total. The number of hydrogen-bond donors (Lipinski definition) is 1. The van der Waals surface area contributed by atoms with Gasteiger partial charge in [0, 0.05) is 18.9 Å². The van der Waals surface area contributed by atoms with Gasteiger partial charge in [-0.15, -0.1) is 0 Å². The summed E-state index contributed by atoms with van der Waals surface area (Å²) in [7, 11) is 0. The Labute approximate surface area is 87.3 Å². The first-order valence-electron chi connectivity index (χ1n) is 4.82. The zero-order chi connectivity index (χ0) is 10.7. The molecule has 2 rings (SSSR count). The van der Waals surface area contributed by atoms with Gasteiger partial charge < -0.3 is 9.63 Å². The van der Waals surface area contributed by atoms with E-state index in [1.165, 1.54) is 0 Å². The van der Waals surface area contributed by atoms with Crippen molar-refractivity contribution in [3.63, 3.8) is 0 Å². The van der Waals surface area contributed by atoms with Gasteiger partial charge >= 0.3 is 0 Å². The fourth-order valence-corrected chi connectivity index (χ4v) is 1.40. The highest BCUT2D eigenvalue weighted by Crippen LogP contribution is 2.05. The number of aromatic nitrogens is 3. The van der Waals surface area contributed by atoms with Gasteiger partial charge in [-0.25, -0.2) is 0 Å². The van der Waals surface area contributed by atoms with Gasteiger partial charge in [-0.2, -0.15) is 5.10 Å². The van der Waals surface area contributed by atoms with E-state index in [-0.39, 0.29) is 6.61 Å². The Balaban J connectivity index is 2.04. The Morgan fingerprint density at radius 1 is 1.53 bits per heavy atom. The third-order valence-electron chi connectivity index (χ3n) is 2.08. The molecule has 5 nitrogen and oxygen atoms in total. The Morgan fingerprint density at radius 2 is 2.40 bits per heavy atom. The first-order chi connectivity index (χ1) is 7.28. The highest BCUT2D eigenvalue weighted by Gasteiger charge is 2.03. The molecule has 0 bridgehead atoms. The molecule has 2 heterocycles. The van der Waals surface area contributed by atoms with E-state index in [1.54, 1.807) is 10.9 Å². The van der Waals surface area contributed by atoms with E-state index in [1.807, 2.05) is 19.2 Å². The van der Waals surface area contributed by atoms with Crippen molar-refractivity contribution in [2.45, 2.75) is 19.9 Å². The molecule has 80 valence electrons. The maximum atomic E-state index is 8.76. The lowest BCUT2D eigenvalue weighted by molar-refractivity contribution is 0.299. The van der Waals surface area contributed by atoms with Crippen LogP contribution in [-0.2, 0) is 13.0 Å². The van der Waals surface area contributed by atoms with E-state index in [0.29, 0.717) is 13.0 Å². The van der Waals surface area contributed by atoms with E-state index in [0.717, 1.165) is 17.0 Å². The van der Waals surface area contributed by atoms with Crippen molar-refractivity contribution in [2.75, 3.05) is 6.61 Å². The molecule has 0 spiro atoms. The minimum absolute atomic E-state index is 0.146. The molecule has 0 atom stereocenters. The summed E-state index contributed by atoms with van der Waals surface area (Å²) < 4.78 is 6.85. The minimum Gasteiger partial charge on any atom is -0.396 e. The zero-order valence-electron chi connectivity index (χ0n) is 8.55. The molecule has 0 unspecified atom stereocenters. The summed E-state index contributed by atoms with van der Waals surface area (Å²) in [6.07, 6.45) is 4.28. The second-order valence-corrected chi connectivity index (χ2v) is 3.45. The minimum atomic E-state index is 0.146. The Hall–Kier alpha value is -1.62. The summed E-state index contributed by atoms with van der Waals surface area (Å²) in [6, 6.07) is 1.88. The molecule has 2 aromatic rings. The van der Waals surface area contributed by atoms with Crippen molar-refractivity contribution < 1.29 is 9.63 Å². The third-order valence-corrected chi connectivity index (χ3v) is 2.08. The van der Waals surface area contributed by atoms with Gasteiger partial charge in [-0.1, -0.05) is 5.16 Å². The van der Waals surface area contributed by atoms with Crippen LogP contribution in [-0.4, -0.2) is 26.7 Å². The van der Waals surface area contributed by atoms with Gasteiger partial charge in [0.1, 0.15) is 6.54 Å². The second kappa shape index (κ2) is 4.27. The number of rotatable bonds is 4. The molecule has 0 saturated heterocycles. The Morgan fingerprint density at radius 3 is 3.07 bits per heavy atom. The molecule has 15 heavy (non-hydrogen) atoms. The summed E-state index contributed by atoms with van der Waals surface area (Å²) in [4.78, 5) is 0. The van der Waals surface area contributed by atoms with Gasteiger partial charge in [0.05, 0.1) is 11.9 Å². The summed E-state index contributed by atoms with van der Waals surface area (Å²) in [6.45, 7) is 2.60. The standard InChI is InChI=1S/C10H13N3O2/c1-8-4-10(15-12-8)7-13-6-9(2-3-14)5-11-13/h4-6,14H,2-3,7H2,1H3. The highest BCUT2D eigenvalue weighted by molar-refractivity contribution is 5.07. The molecule has 0 radical (unpaired) electrons. The molecule has 2 aromatic heterocycles. The Kier molecular flexibility index (Phi) is 2.82. The number of aliphatic hydroxyl groups excluding tert-OH is 1. The monoisotopic (exact) mass is 207 g/mol. The average Bonchev–Trinajstić information content (AvgIpc) is 2.78. The van der Waals surface area contributed by atoms with Crippen molar-refractivity contribution in [1.29, 1.82) is 0 Å². The van der Waals surface area contributed by atoms with E-state index in [4.69, 9.17) is 9.63 Å². The predicted molar refractivity (Wildman–Crippen MR) is 53.4 cm³/mol. The van der Waals surface area contributed by atoms with Crippen molar-refractivity contribution in [3.8, 4) is 0 Å². The van der Waals surface area contributed by atoms with E-state index in [2.05, 4.69) is 10.3 Å². The van der Waals surface area contributed by atoms with Gasteiger partial charge in [-0.05, 0) is 18.9 Å². The normalized spacial score (nSPS) is 10.8. The van der Waals surface area contributed by atoms with Crippen molar-refractivity contribution in [3.05, 3.63) is 35.5 Å². The van der Waals surface area contributed by atoms with Crippen LogP contribution in [0.1, 0.15) is 17.0 Å². The fraction of sp³-hybridized carbons (Fsp3) is 0.400. The SMILES string of the molecule is Cc1cc(Cn2cc(CCO)cn2)on1. The molecule has 5 heteroatoms. The number of aliphatic hydroxyl groups is 1. The second-order valence-electron chi connectivity index (χ2n) is 3.45. The molecule has 0 aliphatic carbocycles. The molecular formula is C10H13N3O2. The van der Waals surface area contributed by atoms with E-state index in [9.17, 15) is 0 Å². The van der Waals surface area contributed by atoms with Crippen LogP contribution >= 0.6 is 0 Å². The van der Waals surface area contributed by atoms with E-state index < -0.39 is 0 Å². The third kappa shape index (κ3) is 2.44. The summed E-state index contributed by atoms with van der Waals surface area (Å²) >= 11 is 0. The zero-order valence-corrected chi connectivity index (χ0v) is 8.55. The first-order valence-corrected chi connectivity index (χ1v) is 4.82. The average molecular weight is 207 g/mol. The molecule has 0 fully saturated rings. The summed E-state index contributed by atoms with van der Waals surface area (Å²) in [5.41, 5.74) is 1.89. The van der Waals surface area contributed by atoms with Crippen molar-refractivity contribution in [1.82, 2.24) is 14.9 Å². The molecule has 0 aliphatic heterocycles. The molecule has 0 saturated carbocycles. The van der Waals surface area contributed by atoms with Crippen molar-refractivity contribution in [2.24, 2.45) is 0 Å². The van der Waals surface area contributed by atoms with Crippen molar-refractivity contribution >= 4 is 0 Å². The van der Waals surface area contributed by atoms with Crippen LogP contribution in [0.15, 0.2) is 23.0 Å². The van der Waals surface area contributed by atoms with Crippen LogP contribution in [0.2, 0.25) is 0 Å². The van der Waals surface area contributed by atoms with E-state index >= 15 is 0 Å². The smallest absolute Gasteiger partial charge is 0.158 e. The van der Waals surface area contributed by atoms with Gasteiger partial charge in [0.15, 0.2) is 5.76 Å². The summed E-state index contributed by atoms with van der Waals surface area (Å²) in [5, 5.41) is 16.7. The summed E-state index contributed by atoms with van der Waals surface area (Å²) in [5.74, 6) is 0.783. The number of hydrogen-bond acceptors (Lipinski definition) is 4. The van der Waals surface area contributed by atoms with Crippen LogP contribution in [0, 0.1) is 6.92 Å². The first kappa shape index (κ1) is 9.92. The molecular weight excluding hydrogens is 194 g/mol. The van der Waals surface area contributed by atoms with Crippen LogP contribution in [0.3, 0.4) is 0 Å². The lowest BCUT2D eigenvalue weighted by Crippen LogP contribution is -1.98. The van der Waals surface area contributed by atoms with Crippen LogP contribution in [0.5, 0.6) is 0 Å². The Bertz CT molecular complexity index is 433. The maximum Gasteiger partial charge on any atom is 0.158 e. The van der Waals surface area contributed by atoms with Gasteiger partial charge in [-0.3, -0.25) is 4.68 Å². The number of nitrogens with zero attached hydrogens (tertiary/aromatic N) is 3. The molecule has 0 aromatic carbocycles. The molecule has 0 amide bonds. The lowest BCUT2D eigenvalue weighted by atomic mass is 10.3. The van der Waals surface area contributed by atoms with Gasteiger partial charge in [0.2, 0.25) is 0 Å². The lowest BCUT2D eigenvalue weighted by Gasteiger charge is -1.95. The quantitative estimate of drug-likeness (QED) is 0.804. The topological polar surface area (TPSA) is 64.1 Å². The predicted octanol–water partition coefficient (Wildman–Crippen LogP) is 0.763. The largest absolute Gasteiger partial charge is 0.396 e. The maximum absolute atomic E-state index is 8.76. The van der Waals surface area contributed by atoms with Crippen LogP contribution < -0.4 is 0 Å².